The lowest BCUT2D eigenvalue weighted by molar-refractivity contribution is 0.171. The molecule has 3 rings (SSSR count). The van der Waals surface area contributed by atoms with Crippen molar-refractivity contribution in [2.45, 2.75) is 63.5 Å². The molecule has 1 aliphatic heterocycles. The van der Waals surface area contributed by atoms with Gasteiger partial charge in [0.15, 0.2) is 0 Å². The summed E-state index contributed by atoms with van der Waals surface area (Å²) in [4.78, 5) is 21.5. The number of hydrogen-bond donors (Lipinski definition) is 1. The Labute approximate surface area is 151 Å². The molecule has 1 atom stereocenters. The molecule has 2 amide bonds. The number of urea groups is 1. The molecule has 1 saturated heterocycles. The summed E-state index contributed by atoms with van der Waals surface area (Å²) in [7, 11) is 4.18. The standard InChI is InChI=1S/C19H33N5O/c1-22(2)13-14-23-12-10-20-18(23)16-7-6-11-24(15-16)19(25)21-17-8-4-3-5-9-17/h10,12,16-17H,3-9,11,13-15H2,1-2H3,(H,21,25)/t16-/m1/s1. The molecule has 0 unspecified atom stereocenters. The fourth-order valence-corrected chi connectivity index (χ4v) is 4.06. The molecule has 1 N–H and O–H groups in total. The van der Waals surface area contributed by atoms with E-state index in [4.69, 9.17) is 0 Å². The van der Waals surface area contributed by atoms with Crippen molar-refractivity contribution in [1.29, 1.82) is 0 Å². The van der Waals surface area contributed by atoms with Gasteiger partial charge in [-0.2, -0.15) is 0 Å². The number of carbonyl (C=O) groups excluding carboxylic acids is 1. The third-order valence-electron chi connectivity index (χ3n) is 5.54. The van der Waals surface area contributed by atoms with Crippen molar-refractivity contribution in [3.8, 4) is 0 Å². The van der Waals surface area contributed by atoms with Gasteiger partial charge in [-0.3, -0.25) is 0 Å². The Kier molecular flexibility index (Phi) is 6.34. The van der Waals surface area contributed by atoms with Gasteiger partial charge in [0, 0.05) is 50.5 Å². The Morgan fingerprint density at radius 1 is 1.24 bits per heavy atom. The molecule has 6 nitrogen and oxygen atoms in total. The van der Waals surface area contributed by atoms with E-state index < -0.39 is 0 Å². The molecule has 0 aromatic carbocycles. The maximum Gasteiger partial charge on any atom is 0.317 e. The molecule has 25 heavy (non-hydrogen) atoms. The number of aromatic nitrogens is 2. The first-order valence-corrected chi connectivity index (χ1v) is 9.84. The number of imidazole rings is 1. The monoisotopic (exact) mass is 347 g/mol. The molecule has 0 spiro atoms. The number of likely N-dealkylation sites (N-methyl/N-ethyl adjacent to an activating group) is 1. The molecule has 1 aliphatic carbocycles. The summed E-state index contributed by atoms with van der Waals surface area (Å²) in [6.07, 6.45) is 12.2. The van der Waals surface area contributed by atoms with Crippen LogP contribution in [0.3, 0.4) is 0 Å². The fraction of sp³-hybridized carbons (Fsp3) is 0.789. The van der Waals surface area contributed by atoms with Crippen molar-refractivity contribution in [1.82, 2.24) is 24.7 Å². The largest absolute Gasteiger partial charge is 0.335 e. The van der Waals surface area contributed by atoms with Gasteiger partial charge in [-0.1, -0.05) is 19.3 Å². The van der Waals surface area contributed by atoms with Gasteiger partial charge in [0.05, 0.1) is 0 Å². The van der Waals surface area contributed by atoms with Crippen LogP contribution in [0.15, 0.2) is 12.4 Å². The maximum absolute atomic E-state index is 12.7. The Bertz CT molecular complexity index is 550. The van der Waals surface area contributed by atoms with E-state index in [0.717, 1.165) is 57.7 Å². The summed E-state index contributed by atoms with van der Waals surface area (Å²) < 4.78 is 2.26. The van der Waals surface area contributed by atoms with E-state index in [1.54, 1.807) is 0 Å². The van der Waals surface area contributed by atoms with Crippen molar-refractivity contribution >= 4 is 6.03 Å². The number of likely N-dealkylation sites (tertiary alicyclic amines) is 1. The molecule has 2 fully saturated rings. The maximum atomic E-state index is 12.7. The third kappa shape index (κ3) is 4.97. The Balaban J connectivity index is 1.57. The van der Waals surface area contributed by atoms with Crippen molar-refractivity contribution in [2.24, 2.45) is 0 Å². The van der Waals surface area contributed by atoms with E-state index in [2.05, 4.69) is 40.1 Å². The lowest BCUT2D eigenvalue weighted by Crippen LogP contribution is -2.48. The van der Waals surface area contributed by atoms with Crippen LogP contribution in [0.25, 0.3) is 0 Å². The highest BCUT2D eigenvalue weighted by Gasteiger charge is 2.28. The molecule has 0 radical (unpaired) electrons. The minimum absolute atomic E-state index is 0.128. The Hall–Kier alpha value is -1.56. The average molecular weight is 348 g/mol. The van der Waals surface area contributed by atoms with Crippen LogP contribution in [-0.2, 0) is 6.54 Å². The van der Waals surface area contributed by atoms with Crippen LogP contribution in [-0.4, -0.2) is 65.2 Å². The van der Waals surface area contributed by atoms with Crippen molar-refractivity contribution < 1.29 is 4.79 Å². The van der Waals surface area contributed by atoms with Crippen molar-refractivity contribution in [3.63, 3.8) is 0 Å². The molecule has 140 valence electrons. The molecule has 2 heterocycles. The first kappa shape index (κ1) is 18.2. The number of carbonyl (C=O) groups is 1. The molecule has 2 aliphatic rings. The summed E-state index contributed by atoms with van der Waals surface area (Å²) >= 11 is 0. The van der Waals surface area contributed by atoms with Crippen LogP contribution in [0.4, 0.5) is 4.79 Å². The van der Waals surface area contributed by atoms with Crippen LogP contribution in [0, 0.1) is 0 Å². The highest BCUT2D eigenvalue weighted by molar-refractivity contribution is 5.74. The van der Waals surface area contributed by atoms with E-state index in [-0.39, 0.29) is 6.03 Å². The third-order valence-corrected chi connectivity index (χ3v) is 5.54. The lowest BCUT2D eigenvalue weighted by Gasteiger charge is -2.34. The van der Waals surface area contributed by atoms with Gasteiger partial charge >= 0.3 is 6.03 Å². The number of amides is 2. The zero-order valence-corrected chi connectivity index (χ0v) is 15.8. The van der Waals surface area contributed by atoms with E-state index in [1.165, 1.54) is 19.3 Å². The molecular formula is C19H33N5O. The molecule has 1 aromatic heterocycles. The second-order valence-corrected chi connectivity index (χ2v) is 7.85. The molecule has 1 saturated carbocycles. The van der Waals surface area contributed by atoms with Crippen LogP contribution in [0.2, 0.25) is 0 Å². The zero-order valence-electron chi connectivity index (χ0n) is 15.8. The highest BCUT2D eigenvalue weighted by atomic mass is 16.2. The summed E-state index contributed by atoms with van der Waals surface area (Å²) in [6.45, 7) is 3.61. The van der Waals surface area contributed by atoms with Crippen molar-refractivity contribution in [2.75, 3.05) is 33.7 Å². The molecule has 6 heteroatoms. The van der Waals surface area contributed by atoms with Gasteiger partial charge in [-0.05, 0) is 39.8 Å². The second-order valence-electron chi connectivity index (χ2n) is 7.85. The highest BCUT2D eigenvalue weighted by Crippen LogP contribution is 2.26. The summed E-state index contributed by atoms with van der Waals surface area (Å²) in [5.41, 5.74) is 0. The summed E-state index contributed by atoms with van der Waals surface area (Å²) in [5, 5.41) is 3.26. The van der Waals surface area contributed by atoms with Gasteiger partial charge in [0.2, 0.25) is 0 Å². The average Bonchev–Trinajstić information content (AvgIpc) is 3.09. The van der Waals surface area contributed by atoms with Crippen LogP contribution in [0.1, 0.15) is 56.7 Å². The number of rotatable bonds is 5. The van der Waals surface area contributed by atoms with Gasteiger partial charge in [0.25, 0.3) is 0 Å². The normalized spacial score (nSPS) is 22.4. The fourth-order valence-electron chi connectivity index (χ4n) is 4.06. The van der Waals surface area contributed by atoms with Gasteiger partial charge in [-0.15, -0.1) is 0 Å². The topological polar surface area (TPSA) is 53.4 Å². The second kappa shape index (κ2) is 8.70. The first-order valence-electron chi connectivity index (χ1n) is 9.84. The number of nitrogens with one attached hydrogen (secondary N) is 1. The first-order chi connectivity index (χ1) is 12.1. The van der Waals surface area contributed by atoms with E-state index in [9.17, 15) is 4.79 Å². The Morgan fingerprint density at radius 3 is 2.80 bits per heavy atom. The van der Waals surface area contributed by atoms with Crippen LogP contribution in [0.5, 0.6) is 0 Å². The van der Waals surface area contributed by atoms with Gasteiger partial charge in [-0.25, -0.2) is 9.78 Å². The number of nitrogens with zero attached hydrogens (tertiary/aromatic N) is 4. The summed E-state index contributed by atoms with van der Waals surface area (Å²) in [6, 6.07) is 0.506. The van der Waals surface area contributed by atoms with E-state index >= 15 is 0 Å². The van der Waals surface area contributed by atoms with Crippen LogP contribution < -0.4 is 5.32 Å². The predicted octanol–water partition coefficient (Wildman–Crippen LogP) is 2.67. The van der Waals surface area contributed by atoms with E-state index in [0.29, 0.717) is 12.0 Å². The molecular weight excluding hydrogens is 314 g/mol. The zero-order chi connectivity index (χ0) is 17.6. The van der Waals surface area contributed by atoms with Crippen molar-refractivity contribution in [3.05, 3.63) is 18.2 Å². The number of piperidine rings is 1. The van der Waals surface area contributed by atoms with Gasteiger partial charge in [0.1, 0.15) is 5.82 Å². The van der Waals surface area contributed by atoms with E-state index in [1.807, 2.05) is 11.1 Å². The Morgan fingerprint density at radius 2 is 2.04 bits per heavy atom. The SMILES string of the molecule is CN(C)CCn1ccnc1[C@@H]1CCCN(C(=O)NC2CCCCC2)C1. The van der Waals surface area contributed by atoms with Crippen LogP contribution >= 0.6 is 0 Å². The smallest absolute Gasteiger partial charge is 0.317 e. The minimum atomic E-state index is 0.128. The number of hydrogen-bond acceptors (Lipinski definition) is 3. The predicted molar refractivity (Wildman–Crippen MR) is 99.7 cm³/mol. The summed E-state index contributed by atoms with van der Waals surface area (Å²) in [5.74, 6) is 1.49. The minimum Gasteiger partial charge on any atom is -0.335 e. The molecule has 1 aromatic rings. The molecule has 0 bridgehead atoms. The van der Waals surface area contributed by atoms with Gasteiger partial charge < -0.3 is 19.7 Å². The quantitative estimate of drug-likeness (QED) is 0.891. The lowest BCUT2D eigenvalue weighted by atomic mass is 9.95.